The van der Waals surface area contributed by atoms with Crippen LogP contribution in [0.2, 0.25) is 0 Å². The van der Waals surface area contributed by atoms with Crippen molar-refractivity contribution < 1.29 is 14.3 Å². The molecule has 0 spiro atoms. The lowest BCUT2D eigenvalue weighted by molar-refractivity contribution is -0.139. The van der Waals surface area contributed by atoms with E-state index in [1.807, 2.05) is 6.92 Å². The van der Waals surface area contributed by atoms with Crippen molar-refractivity contribution in [1.29, 1.82) is 0 Å². The van der Waals surface area contributed by atoms with Crippen LogP contribution in [0.5, 0.6) is 0 Å². The summed E-state index contributed by atoms with van der Waals surface area (Å²) in [7, 11) is 0. The second kappa shape index (κ2) is 3.69. The van der Waals surface area contributed by atoms with E-state index in [0.29, 0.717) is 19.6 Å². The predicted octanol–water partition coefficient (Wildman–Crippen LogP) is 0.560. The highest BCUT2D eigenvalue weighted by atomic mass is 16.6. The quantitative estimate of drug-likeness (QED) is 0.489. The van der Waals surface area contributed by atoms with E-state index in [1.54, 1.807) is 0 Å². The molecule has 0 bridgehead atoms. The first kappa shape index (κ1) is 9.65. The summed E-state index contributed by atoms with van der Waals surface area (Å²) in [5, 5.41) is 0. The Balaban J connectivity index is 1.95. The van der Waals surface area contributed by atoms with E-state index in [-0.39, 0.29) is 23.8 Å². The Hall–Kier alpha value is -0.900. The lowest BCUT2D eigenvalue weighted by atomic mass is 10.0. The van der Waals surface area contributed by atoms with Gasteiger partial charge < -0.3 is 4.74 Å². The summed E-state index contributed by atoms with van der Waals surface area (Å²) in [6, 6.07) is 0. The molecule has 4 heteroatoms. The maximum atomic E-state index is 11.7. The van der Waals surface area contributed by atoms with Gasteiger partial charge in [-0.1, -0.05) is 13.3 Å². The Labute approximate surface area is 83.2 Å². The molecule has 0 aliphatic carbocycles. The highest BCUT2D eigenvalue weighted by Gasteiger charge is 2.40. The van der Waals surface area contributed by atoms with Crippen LogP contribution in [-0.4, -0.2) is 36.0 Å². The molecule has 78 valence electrons. The third-order valence-electron chi connectivity index (χ3n) is 2.76. The van der Waals surface area contributed by atoms with E-state index < -0.39 is 0 Å². The molecule has 0 radical (unpaired) electrons. The Morgan fingerprint density at radius 2 is 2.21 bits per heavy atom. The minimum Gasteiger partial charge on any atom is -0.371 e. The van der Waals surface area contributed by atoms with Gasteiger partial charge in [-0.25, -0.2) is 0 Å². The molecule has 2 saturated heterocycles. The van der Waals surface area contributed by atoms with Crippen molar-refractivity contribution in [2.75, 3.05) is 13.2 Å². The molecule has 2 heterocycles. The first-order chi connectivity index (χ1) is 6.72. The minimum atomic E-state index is -0.0637. The van der Waals surface area contributed by atoms with E-state index >= 15 is 0 Å². The van der Waals surface area contributed by atoms with E-state index in [1.165, 1.54) is 4.90 Å². The number of hydrogen-bond acceptors (Lipinski definition) is 3. The number of rotatable bonds is 4. The van der Waals surface area contributed by atoms with Crippen molar-refractivity contribution in [1.82, 2.24) is 4.90 Å². The van der Waals surface area contributed by atoms with Gasteiger partial charge in [0.05, 0.1) is 19.3 Å². The van der Waals surface area contributed by atoms with Gasteiger partial charge in [0.15, 0.2) is 0 Å². The van der Waals surface area contributed by atoms with Gasteiger partial charge in [-0.2, -0.15) is 0 Å². The molecule has 4 nitrogen and oxygen atoms in total. The summed E-state index contributed by atoms with van der Waals surface area (Å²) >= 11 is 0. The number of amides is 2. The fourth-order valence-electron chi connectivity index (χ4n) is 1.89. The predicted molar refractivity (Wildman–Crippen MR) is 49.5 cm³/mol. The highest BCUT2D eigenvalue weighted by Crippen LogP contribution is 2.25. The van der Waals surface area contributed by atoms with E-state index in [0.717, 1.165) is 12.8 Å². The van der Waals surface area contributed by atoms with Gasteiger partial charge in [0, 0.05) is 12.3 Å². The smallest absolute Gasteiger partial charge is 0.232 e. The van der Waals surface area contributed by atoms with E-state index in [4.69, 9.17) is 4.74 Å². The highest BCUT2D eigenvalue weighted by molar-refractivity contribution is 6.03. The lowest BCUT2D eigenvalue weighted by Crippen LogP contribution is -2.34. The summed E-state index contributed by atoms with van der Waals surface area (Å²) in [5.41, 5.74) is 0. The molecule has 0 saturated carbocycles. The summed E-state index contributed by atoms with van der Waals surface area (Å²) in [6.07, 6.45) is 2.30. The normalized spacial score (nSPS) is 31.4. The van der Waals surface area contributed by atoms with Crippen LogP contribution in [0, 0.1) is 5.92 Å². The summed E-state index contributed by atoms with van der Waals surface area (Å²) < 4.78 is 5.02. The summed E-state index contributed by atoms with van der Waals surface area (Å²) in [5.74, 6) is -0.0810. The molecular formula is C10H15NO3. The number of likely N-dealkylation sites (tertiary alicyclic amines) is 1. The molecule has 2 rings (SSSR count). The van der Waals surface area contributed by atoms with Crippen LogP contribution in [0.15, 0.2) is 0 Å². The number of imide groups is 1. The van der Waals surface area contributed by atoms with Crippen molar-refractivity contribution in [2.45, 2.75) is 32.3 Å². The molecule has 2 amide bonds. The molecule has 2 unspecified atom stereocenters. The fourth-order valence-corrected chi connectivity index (χ4v) is 1.89. The molecule has 14 heavy (non-hydrogen) atoms. The largest absolute Gasteiger partial charge is 0.371 e. The van der Waals surface area contributed by atoms with Crippen molar-refractivity contribution >= 4 is 11.8 Å². The molecule has 2 aliphatic rings. The zero-order chi connectivity index (χ0) is 10.1. The van der Waals surface area contributed by atoms with E-state index in [9.17, 15) is 9.59 Å². The topological polar surface area (TPSA) is 49.9 Å². The average Bonchev–Trinajstić information content (AvgIpc) is 2.91. The van der Waals surface area contributed by atoms with Crippen LogP contribution in [0.3, 0.4) is 0 Å². The molecule has 2 aliphatic heterocycles. The van der Waals surface area contributed by atoms with Gasteiger partial charge in [0.25, 0.3) is 0 Å². The molecular weight excluding hydrogens is 182 g/mol. The van der Waals surface area contributed by atoms with Crippen molar-refractivity contribution in [3.8, 4) is 0 Å². The first-order valence-corrected chi connectivity index (χ1v) is 5.18. The van der Waals surface area contributed by atoms with Gasteiger partial charge in [-0.15, -0.1) is 0 Å². The number of hydrogen-bond donors (Lipinski definition) is 0. The maximum Gasteiger partial charge on any atom is 0.232 e. The van der Waals surface area contributed by atoms with Crippen LogP contribution < -0.4 is 0 Å². The standard InChI is InChI=1S/C10H15NO3/c1-2-3-7-4-9(12)11(10(7)13)5-8-6-14-8/h7-8H,2-6H2,1H3. The van der Waals surface area contributed by atoms with Gasteiger partial charge in [-0.3, -0.25) is 14.5 Å². The van der Waals surface area contributed by atoms with Gasteiger partial charge >= 0.3 is 0 Å². The zero-order valence-electron chi connectivity index (χ0n) is 8.36. The Kier molecular flexibility index (Phi) is 2.54. The summed E-state index contributed by atoms with van der Waals surface area (Å²) in [6.45, 7) is 3.19. The lowest BCUT2D eigenvalue weighted by Gasteiger charge is -2.12. The Morgan fingerprint density at radius 1 is 1.50 bits per heavy atom. The number of ether oxygens (including phenoxy) is 1. The van der Waals surface area contributed by atoms with Gasteiger partial charge in [-0.05, 0) is 6.42 Å². The number of carbonyl (C=O) groups excluding carboxylic acids is 2. The van der Waals surface area contributed by atoms with Crippen molar-refractivity contribution in [3.05, 3.63) is 0 Å². The van der Waals surface area contributed by atoms with Crippen molar-refractivity contribution in [2.24, 2.45) is 5.92 Å². The SMILES string of the molecule is CCCC1CC(=O)N(CC2CO2)C1=O. The maximum absolute atomic E-state index is 11.7. The van der Waals surface area contributed by atoms with E-state index in [2.05, 4.69) is 0 Å². The Morgan fingerprint density at radius 3 is 2.79 bits per heavy atom. The fraction of sp³-hybridized carbons (Fsp3) is 0.800. The first-order valence-electron chi connectivity index (χ1n) is 5.18. The second-order valence-electron chi connectivity index (χ2n) is 3.99. The third kappa shape index (κ3) is 1.80. The monoisotopic (exact) mass is 197 g/mol. The van der Waals surface area contributed by atoms with Crippen LogP contribution in [0.4, 0.5) is 0 Å². The van der Waals surface area contributed by atoms with Gasteiger partial charge in [0.2, 0.25) is 11.8 Å². The van der Waals surface area contributed by atoms with Crippen LogP contribution in [-0.2, 0) is 14.3 Å². The molecule has 0 aromatic carbocycles. The molecule has 0 aromatic heterocycles. The van der Waals surface area contributed by atoms with Crippen LogP contribution >= 0.6 is 0 Å². The number of nitrogens with zero attached hydrogens (tertiary/aromatic N) is 1. The molecule has 2 fully saturated rings. The second-order valence-corrected chi connectivity index (χ2v) is 3.99. The molecule has 0 aromatic rings. The minimum absolute atomic E-state index is 0.00681. The van der Waals surface area contributed by atoms with Crippen LogP contribution in [0.25, 0.3) is 0 Å². The third-order valence-corrected chi connectivity index (χ3v) is 2.76. The molecule has 2 atom stereocenters. The number of carbonyl (C=O) groups is 2. The van der Waals surface area contributed by atoms with Crippen molar-refractivity contribution in [3.63, 3.8) is 0 Å². The summed E-state index contributed by atoms with van der Waals surface area (Å²) in [4.78, 5) is 24.6. The number of epoxide rings is 1. The molecule has 0 N–H and O–H groups in total. The Bertz CT molecular complexity index is 260. The van der Waals surface area contributed by atoms with Gasteiger partial charge in [0.1, 0.15) is 0 Å². The average molecular weight is 197 g/mol. The zero-order valence-corrected chi connectivity index (χ0v) is 8.36. The van der Waals surface area contributed by atoms with Crippen LogP contribution in [0.1, 0.15) is 26.2 Å².